The molecule has 1 N–H and O–H groups in total. The van der Waals surface area contributed by atoms with Gasteiger partial charge in [0, 0.05) is 6.54 Å². The highest BCUT2D eigenvalue weighted by atomic mass is 32.1. The van der Waals surface area contributed by atoms with Gasteiger partial charge in [0.15, 0.2) is 5.13 Å². The Kier molecular flexibility index (Phi) is 3.68. The molecule has 1 aromatic heterocycles. The molecule has 0 saturated carbocycles. The van der Waals surface area contributed by atoms with Crippen LogP contribution in [0.15, 0.2) is 6.20 Å². The summed E-state index contributed by atoms with van der Waals surface area (Å²) in [5.41, 5.74) is -0.459. The Morgan fingerprint density at radius 3 is 2.80 bits per heavy atom. The number of ether oxygens (including phenoxy) is 1. The summed E-state index contributed by atoms with van der Waals surface area (Å²) in [7, 11) is 0. The molecule has 1 heterocycles. The van der Waals surface area contributed by atoms with Crippen molar-refractivity contribution in [2.45, 2.75) is 33.3 Å². The van der Waals surface area contributed by atoms with Crippen LogP contribution in [0, 0.1) is 0 Å². The van der Waals surface area contributed by atoms with E-state index in [9.17, 15) is 4.79 Å². The van der Waals surface area contributed by atoms with E-state index in [-0.39, 0.29) is 5.97 Å². The molecule has 0 unspecified atom stereocenters. The van der Waals surface area contributed by atoms with Gasteiger partial charge in [-0.2, -0.15) is 0 Å². The van der Waals surface area contributed by atoms with Gasteiger partial charge in [-0.25, -0.2) is 9.78 Å². The van der Waals surface area contributed by atoms with Crippen molar-refractivity contribution in [3.8, 4) is 0 Å². The van der Waals surface area contributed by atoms with E-state index in [0.717, 1.165) is 11.7 Å². The van der Waals surface area contributed by atoms with Gasteiger partial charge < -0.3 is 10.1 Å². The predicted molar refractivity (Wildman–Crippen MR) is 61.4 cm³/mol. The molecule has 0 atom stereocenters. The molecule has 0 radical (unpaired) electrons. The van der Waals surface area contributed by atoms with Crippen molar-refractivity contribution in [1.29, 1.82) is 0 Å². The van der Waals surface area contributed by atoms with Crippen LogP contribution in [0.3, 0.4) is 0 Å². The Balaban J connectivity index is 2.66. The standard InChI is InChI=1S/C10H16N2O2S/c1-5-11-9-12-6-7(15-9)8(13)14-10(2,3)4/h6H,5H2,1-4H3,(H,11,12). The van der Waals surface area contributed by atoms with Crippen molar-refractivity contribution in [3.63, 3.8) is 0 Å². The number of rotatable bonds is 3. The lowest BCUT2D eigenvalue weighted by atomic mass is 10.2. The third-order valence-corrected chi connectivity index (χ3v) is 2.37. The van der Waals surface area contributed by atoms with Crippen molar-refractivity contribution >= 4 is 22.4 Å². The van der Waals surface area contributed by atoms with Crippen LogP contribution in [-0.2, 0) is 4.74 Å². The fourth-order valence-corrected chi connectivity index (χ4v) is 1.69. The van der Waals surface area contributed by atoms with Gasteiger partial charge in [-0.15, -0.1) is 0 Å². The van der Waals surface area contributed by atoms with E-state index in [4.69, 9.17) is 4.74 Å². The zero-order chi connectivity index (χ0) is 11.5. The van der Waals surface area contributed by atoms with Crippen molar-refractivity contribution in [3.05, 3.63) is 11.1 Å². The molecule has 0 spiro atoms. The molecule has 15 heavy (non-hydrogen) atoms. The Labute approximate surface area is 93.7 Å². The monoisotopic (exact) mass is 228 g/mol. The summed E-state index contributed by atoms with van der Waals surface area (Å²) in [4.78, 5) is 16.2. The van der Waals surface area contributed by atoms with Crippen LogP contribution in [0.5, 0.6) is 0 Å². The molecular weight excluding hydrogens is 212 g/mol. The Bertz CT molecular complexity index is 341. The Morgan fingerprint density at radius 1 is 1.60 bits per heavy atom. The van der Waals surface area contributed by atoms with E-state index in [2.05, 4.69) is 10.3 Å². The number of aromatic nitrogens is 1. The van der Waals surface area contributed by atoms with Crippen molar-refractivity contribution in [2.24, 2.45) is 0 Å². The van der Waals surface area contributed by atoms with Crippen LogP contribution >= 0.6 is 11.3 Å². The maximum Gasteiger partial charge on any atom is 0.350 e. The fourth-order valence-electron chi connectivity index (χ4n) is 0.930. The van der Waals surface area contributed by atoms with Crippen LogP contribution in [0.1, 0.15) is 37.4 Å². The smallest absolute Gasteiger partial charge is 0.350 e. The van der Waals surface area contributed by atoms with Gasteiger partial charge in [0.1, 0.15) is 10.5 Å². The third-order valence-electron chi connectivity index (χ3n) is 1.43. The highest BCUT2D eigenvalue weighted by molar-refractivity contribution is 7.17. The predicted octanol–water partition coefficient (Wildman–Crippen LogP) is 2.53. The second-order valence-corrected chi connectivity index (χ2v) is 5.09. The number of carbonyl (C=O) groups is 1. The molecule has 0 saturated heterocycles. The molecule has 0 fully saturated rings. The zero-order valence-corrected chi connectivity index (χ0v) is 10.3. The number of thiazole rings is 1. The van der Waals surface area contributed by atoms with E-state index in [0.29, 0.717) is 4.88 Å². The van der Waals surface area contributed by atoms with Gasteiger partial charge >= 0.3 is 5.97 Å². The number of esters is 1. The lowest BCUT2D eigenvalue weighted by Gasteiger charge is -2.18. The summed E-state index contributed by atoms with van der Waals surface area (Å²) in [6, 6.07) is 0. The van der Waals surface area contributed by atoms with Gasteiger partial charge in [-0.05, 0) is 27.7 Å². The molecule has 0 aliphatic rings. The maximum atomic E-state index is 11.6. The van der Waals surface area contributed by atoms with E-state index < -0.39 is 5.60 Å². The van der Waals surface area contributed by atoms with Crippen LogP contribution < -0.4 is 5.32 Å². The van der Waals surface area contributed by atoms with Crippen molar-refractivity contribution in [2.75, 3.05) is 11.9 Å². The van der Waals surface area contributed by atoms with E-state index >= 15 is 0 Å². The number of carbonyl (C=O) groups excluding carboxylic acids is 1. The average Bonchev–Trinajstić information content (AvgIpc) is 2.50. The Morgan fingerprint density at radius 2 is 2.27 bits per heavy atom. The first kappa shape index (κ1) is 12.0. The van der Waals surface area contributed by atoms with E-state index in [1.807, 2.05) is 27.7 Å². The molecule has 5 heteroatoms. The topological polar surface area (TPSA) is 51.2 Å². The minimum Gasteiger partial charge on any atom is -0.456 e. The fraction of sp³-hybridized carbons (Fsp3) is 0.600. The molecule has 4 nitrogen and oxygen atoms in total. The largest absolute Gasteiger partial charge is 0.456 e. The number of anilines is 1. The normalized spacial score (nSPS) is 11.2. The summed E-state index contributed by atoms with van der Waals surface area (Å²) in [6.07, 6.45) is 1.54. The van der Waals surface area contributed by atoms with Gasteiger partial charge in [-0.1, -0.05) is 11.3 Å². The van der Waals surface area contributed by atoms with E-state index in [1.54, 1.807) is 0 Å². The minimum absolute atomic E-state index is 0.316. The van der Waals surface area contributed by atoms with Gasteiger partial charge in [0.05, 0.1) is 6.20 Å². The number of hydrogen-bond acceptors (Lipinski definition) is 5. The number of hydrogen-bond donors (Lipinski definition) is 1. The number of nitrogens with zero attached hydrogens (tertiary/aromatic N) is 1. The molecule has 0 aromatic carbocycles. The second-order valence-electron chi connectivity index (χ2n) is 4.06. The first-order valence-corrected chi connectivity index (χ1v) is 5.67. The van der Waals surface area contributed by atoms with Crippen LogP contribution in [0.2, 0.25) is 0 Å². The Hall–Kier alpha value is -1.10. The molecule has 0 amide bonds. The third kappa shape index (κ3) is 3.87. The zero-order valence-electron chi connectivity index (χ0n) is 9.46. The number of nitrogens with one attached hydrogen (secondary N) is 1. The van der Waals surface area contributed by atoms with Gasteiger partial charge in [0.25, 0.3) is 0 Å². The lowest BCUT2D eigenvalue weighted by molar-refractivity contribution is 0.00750. The first-order valence-electron chi connectivity index (χ1n) is 4.85. The SMILES string of the molecule is CCNc1ncc(C(=O)OC(C)(C)C)s1. The summed E-state index contributed by atoms with van der Waals surface area (Å²) < 4.78 is 5.22. The summed E-state index contributed by atoms with van der Waals surface area (Å²) in [5, 5.41) is 3.79. The lowest BCUT2D eigenvalue weighted by Crippen LogP contribution is -2.23. The quantitative estimate of drug-likeness (QED) is 0.808. The molecular formula is C10H16N2O2S. The highest BCUT2D eigenvalue weighted by Crippen LogP contribution is 2.20. The maximum absolute atomic E-state index is 11.6. The van der Waals surface area contributed by atoms with Gasteiger partial charge in [0.2, 0.25) is 0 Å². The van der Waals surface area contributed by atoms with Crippen LogP contribution in [0.25, 0.3) is 0 Å². The molecule has 0 aliphatic carbocycles. The molecule has 84 valence electrons. The van der Waals surface area contributed by atoms with E-state index in [1.165, 1.54) is 17.5 Å². The average molecular weight is 228 g/mol. The molecule has 1 rings (SSSR count). The first-order chi connectivity index (χ1) is 6.92. The molecule has 0 bridgehead atoms. The van der Waals surface area contributed by atoms with Crippen molar-refractivity contribution < 1.29 is 9.53 Å². The second kappa shape index (κ2) is 4.61. The highest BCUT2D eigenvalue weighted by Gasteiger charge is 2.19. The summed E-state index contributed by atoms with van der Waals surface area (Å²) in [6.45, 7) is 8.31. The minimum atomic E-state index is -0.459. The van der Waals surface area contributed by atoms with Crippen molar-refractivity contribution in [1.82, 2.24) is 4.98 Å². The molecule has 1 aromatic rings. The summed E-state index contributed by atoms with van der Waals surface area (Å²) >= 11 is 1.31. The summed E-state index contributed by atoms with van der Waals surface area (Å²) in [5.74, 6) is -0.316. The van der Waals surface area contributed by atoms with Gasteiger partial charge in [-0.3, -0.25) is 0 Å². The molecule has 0 aliphatic heterocycles. The van der Waals surface area contributed by atoms with Crippen LogP contribution in [0.4, 0.5) is 5.13 Å². The van der Waals surface area contributed by atoms with Crippen LogP contribution in [-0.4, -0.2) is 23.1 Å².